The maximum absolute atomic E-state index is 13.3. The van der Waals surface area contributed by atoms with Crippen LogP contribution in [-0.2, 0) is 6.18 Å². The molecule has 3 heterocycles. The van der Waals surface area contributed by atoms with Gasteiger partial charge in [-0.15, -0.1) is 0 Å². The lowest BCUT2D eigenvalue weighted by atomic mass is 10.1. The van der Waals surface area contributed by atoms with Crippen molar-refractivity contribution < 1.29 is 17.6 Å². The lowest BCUT2D eigenvalue weighted by Crippen LogP contribution is -2.24. The van der Waals surface area contributed by atoms with Gasteiger partial charge in [0, 0.05) is 23.4 Å². The summed E-state index contributed by atoms with van der Waals surface area (Å²) in [6.45, 7) is 1.52. The second-order valence-electron chi connectivity index (χ2n) is 5.22. The molecule has 0 unspecified atom stereocenters. The molecule has 0 aliphatic carbocycles. The third kappa shape index (κ3) is 3.39. The summed E-state index contributed by atoms with van der Waals surface area (Å²) in [7, 11) is 0. The van der Waals surface area contributed by atoms with E-state index in [0.29, 0.717) is 0 Å². The molecular formula is C16H10F4N4O. The molecule has 128 valence electrons. The minimum absolute atomic E-state index is 0.106. The van der Waals surface area contributed by atoms with Crippen molar-refractivity contribution >= 4 is 0 Å². The van der Waals surface area contributed by atoms with Crippen molar-refractivity contribution in [3.63, 3.8) is 0 Å². The molecule has 5 nitrogen and oxygen atoms in total. The van der Waals surface area contributed by atoms with Crippen molar-refractivity contribution in [2.24, 2.45) is 0 Å². The van der Waals surface area contributed by atoms with Crippen LogP contribution in [0.4, 0.5) is 17.6 Å². The summed E-state index contributed by atoms with van der Waals surface area (Å²) in [6.07, 6.45) is -1.30. The molecule has 0 saturated heterocycles. The highest BCUT2D eigenvalue weighted by Crippen LogP contribution is 2.28. The zero-order valence-corrected chi connectivity index (χ0v) is 12.8. The Morgan fingerprint density at radius 1 is 1.08 bits per heavy atom. The van der Waals surface area contributed by atoms with Crippen LogP contribution >= 0.6 is 0 Å². The second kappa shape index (κ2) is 6.08. The molecule has 0 atom stereocenters. The Labute approximate surface area is 138 Å². The Balaban J connectivity index is 2.11. The van der Waals surface area contributed by atoms with Crippen LogP contribution in [0, 0.1) is 12.7 Å². The number of nitrogens with zero attached hydrogens (tertiary/aromatic N) is 4. The molecule has 0 aliphatic heterocycles. The molecule has 0 bridgehead atoms. The van der Waals surface area contributed by atoms with Crippen molar-refractivity contribution in [2.75, 3.05) is 0 Å². The minimum atomic E-state index is -4.55. The Hall–Kier alpha value is -3.10. The van der Waals surface area contributed by atoms with E-state index >= 15 is 0 Å². The molecule has 0 fully saturated rings. The van der Waals surface area contributed by atoms with E-state index < -0.39 is 23.2 Å². The largest absolute Gasteiger partial charge is 0.433 e. The van der Waals surface area contributed by atoms with Crippen molar-refractivity contribution in [1.29, 1.82) is 0 Å². The summed E-state index contributed by atoms with van der Waals surface area (Å²) < 4.78 is 52.1. The fraction of sp³-hybridized carbons (Fsp3) is 0.125. The number of hydrogen-bond acceptors (Lipinski definition) is 4. The zero-order chi connectivity index (χ0) is 18.2. The van der Waals surface area contributed by atoms with Crippen molar-refractivity contribution in [3.05, 3.63) is 70.3 Å². The highest BCUT2D eigenvalue weighted by atomic mass is 19.4. The van der Waals surface area contributed by atoms with E-state index in [4.69, 9.17) is 0 Å². The maximum Gasteiger partial charge on any atom is 0.433 e. The number of aromatic nitrogens is 4. The van der Waals surface area contributed by atoms with Gasteiger partial charge in [-0.2, -0.15) is 23.0 Å². The SMILES string of the molecule is Cc1cc(-c2ccc(C(F)(F)F)nc2)nn(-c2cncc(F)c2)c1=O. The quantitative estimate of drug-likeness (QED) is 0.666. The Bertz CT molecular complexity index is 981. The number of halogens is 4. The molecule has 0 N–H and O–H groups in total. The smallest absolute Gasteiger partial charge is 0.267 e. The first kappa shape index (κ1) is 16.7. The summed E-state index contributed by atoms with van der Waals surface area (Å²) in [6, 6.07) is 4.53. The van der Waals surface area contributed by atoms with Crippen molar-refractivity contribution in [3.8, 4) is 16.9 Å². The van der Waals surface area contributed by atoms with E-state index in [1.807, 2.05) is 0 Å². The van der Waals surface area contributed by atoms with E-state index in [2.05, 4.69) is 15.1 Å². The molecule has 25 heavy (non-hydrogen) atoms. The van der Waals surface area contributed by atoms with Crippen LogP contribution in [0.5, 0.6) is 0 Å². The van der Waals surface area contributed by atoms with Gasteiger partial charge in [0.1, 0.15) is 11.5 Å². The topological polar surface area (TPSA) is 60.7 Å². The molecule has 3 rings (SSSR count). The first-order chi connectivity index (χ1) is 11.8. The summed E-state index contributed by atoms with van der Waals surface area (Å²) in [5, 5.41) is 4.08. The predicted octanol–water partition coefficient (Wildman–Crippen LogP) is 3.16. The molecular weight excluding hydrogens is 340 g/mol. The first-order valence-electron chi connectivity index (χ1n) is 7.01. The van der Waals surface area contributed by atoms with Crippen LogP contribution in [-0.4, -0.2) is 19.7 Å². The number of hydrogen-bond donors (Lipinski definition) is 0. The third-order valence-corrected chi connectivity index (χ3v) is 3.38. The van der Waals surface area contributed by atoms with Gasteiger partial charge in [0.15, 0.2) is 0 Å². The number of rotatable bonds is 2. The molecule has 0 amide bonds. The molecule has 3 aromatic rings. The summed E-state index contributed by atoms with van der Waals surface area (Å²) >= 11 is 0. The molecule has 0 aliphatic rings. The average molecular weight is 350 g/mol. The van der Waals surface area contributed by atoms with Gasteiger partial charge in [-0.25, -0.2) is 4.39 Å². The van der Waals surface area contributed by atoms with Gasteiger partial charge in [0.05, 0.1) is 23.8 Å². The number of aryl methyl sites for hydroxylation is 1. The van der Waals surface area contributed by atoms with E-state index in [1.54, 1.807) is 0 Å². The predicted molar refractivity (Wildman–Crippen MR) is 80.6 cm³/mol. The highest BCUT2D eigenvalue weighted by Gasteiger charge is 2.32. The summed E-state index contributed by atoms with van der Waals surface area (Å²) in [5.41, 5.74) is -0.618. The number of pyridine rings is 2. The van der Waals surface area contributed by atoms with Crippen LogP contribution in [0.1, 0.15) is 11.3 Å². The van der Waals surface area contributed by atoms with E-state index in [0.717, 1.165) is 29.2 Å². The molecule has 0 saturated carbocycles. The normalized spacial score (nSPS) is 11.6. The van der Waals surface area contributed by atoms with Gasteiger partial charge < -0.3 is 0 Å². The van der Waals surface area contributed by atoms with Crippen LogP contribution in [0.25, 0.3) is 16.9 Å². The lowest BCUT2D eigenvalue weighted by molar-refractivity contribution is -0.141. The Kier molecular flexibility index (Phi) is 4.07. The monoisotopic (exact) mass is 350 g/mol. The highest BCUT2D eigenvalue weighted by molar-refractivity contribution is 5.58. The molecule has 3 aromatic heterocycles. The van der Waals surface area contributed by atoms with Gasteiger partial charge in [-0.1, -0.05) is 0 Å². The molecule has 0 aromatic carbocycles. The second-order valence-corrected chi connectivity index (χ2v) is 5.22. The van der Waals surface area contributed by atoms with Crippen LogP contribution in [0.3, 0.4) is 0 Å². The number of alkyl halides is 3. The van der Waals surface area contributed by atoms with E-state index in [1.165, 1.54) is 25.3 Å². The van der Waals surface area contributed by atoms with Gasteiger partial charge in [0.2, 0.25) is 0 Å². The van der Waals surface area contributed by atoms with Crippen molar-refractivity contribution in [2.45, 2.75) is 13.1 Å². The lowest BCUT2D eigenvalue weighted by Gasteiger charge is -2.10. The maximum atomic E-state index is 13.3. The Morgan fingerprint density at radius 2 is 1.84 bits per heavy atom. The Morgan fingerprint density at radius 3 is 2.44 bits per heavy atom. The fourth-order valence-electron chi connectivity index (χ4n) is 2.16. The van der Waals surface area contributed by atoms with Gasteiger partial charge >= 0.3 is 6.18 Å². The van der Waals surface area contributed by atoms with Crippen LogP contribution < -0.4 is 5.56 Å². The zero-order valence-electron chi connectivity index (χ0n) is 12.8. The van der Waals surface area contributed by atoms with E-state index in [-0.39, 0.29) is 22.5 Å². The average Bonchev–Trinajstić information content (AvgIpc) is 2.56. The molecule has 0 radical (unpaired) electrons. The van der Waals surface area contributed by atoms with Crippen LogP contribution in [0.15, 0.2) is 47.7 Å². The first-order valence-corrected chi connectivity index (χ1v) is 7.01. The standard InChI is InChI=1S/C16H10F4N4O/c1-9-4-13(10-2-3-14(22-6-10)16(18,19)20)23-24(15(9)25)12-5-11(17)7-21-8-12/h2-8H,1H3. The van der Waals surface area contributed by atoms with E-state index in [9.17, 15) is 22.4 Å². The summed E-state index contributed by atoms with van der Waals surface area (Å²) in [4.78, 5) is 19.3. The minimum Gasteiger partial charge on any atom is -0.267 e. The van der Waals surface area contributed by atoms with Gasteiger partial charge in [-0.05, 0) is 25.1 Å². The third-order valence-electron chi connectivity index (χ3n) is 3.38. The van der Waals surface area contributed by atoms with Crippen molar-refractivity contribution in [1.82, 2.24) is 19.7 Å². The van der Waals surface area contributed by atoms with Gasteiger partial charge in [0.25, 0.3) is 5.56 Å². The van der Waals surface area contributed by atoms with Crippen LogP contribution in [0.2, 0.25) is 0 Å². The fourth-order valence-corrected chi connectivity index (χ4v) is 2.16. The molecule has 0 spiro atoms. The molecule has 9 heteroatoms. The van der Waals surface area contributed by atoms with Gasteiger partial charge in [-0.3, -0.25) is 14.8 Å². The summed E-state index contributed by atoms with van der Waals surface area (Å²) in [5.74, 6) is -0.648.